The van der Waals surface area contributed by atoms with Crippen LogP contribution in [0.4, 0.5) is 15.9 Å². The Labute approximate surface area is 177 Å². The Hall–Kier alpha value is -3.94. The van der Waals surface area contributed by atoms with Crippen LogP contribution in [0, 0.1) is 5.82 Å². The number of aromatic nitrogens is 5. The fraction of sp³-hybridized carbons (Fsp3) is 0.174. The monoisotopic (exact) mass is 413 g/mol. The molecule has 6 rings (SSSR count). The second-order valence-corrected chi connectivity index (χ2v) is 7.71. The normalized spacial score (nSPS) is 14.6. The van der Waals surface area contributed by atoms with Gasteiger partial charge >= 0.3 is 0 Å². The molecule has 1 fully saturated rings. The number of halogens is 1. The summed E-state index contributed by atoms with van der Waals surface area (Å²) < 4.78 is 13.5. The number of rotatable bonds is 3. The van der Waals surface area contributed by atoms with Gasteiger partial charge in [0.05, 0.1) is 16.6 Å². The first-order valence-corrected chi connectivity index (χ1v) is 10.3. The Kier molecular flexibility index (Phi) is 4.09. The van der Waals surface area contributed by atoms with E-state index in [1.54, 1.807) is 6.07 Å². The summed E-state index contributed by atoms with van der Waals surface area (Å²) in [5.74, 6) is 1.41. The van der Waals surface area contributed by atoms with E-state index in [0.29, 0.717) is 17.0 Å². The van der Waals surface area contributed by atoms with Crippen molar-refractivity contribution in [3.63, 3.8) is 0 Å². The van der Waals surface area contributed by atoms with Crippen LogP contribution in [0.3, 0.4) is 0 Å². The van der Waals surface area contributed by atoms with Gasteiger partial charge in [0.1, 0.15) is 17.3 Å². The second-order valence-electron chi connectivity index (χ2n) is 7.71. The molecule has 1 aliphatic rings. The van der Waals surface area contributed by atoms with Gasteiger partial charge in [-0.05, 0) is 48.5 Å². The van der Waals surface area contributed by atoms with E-state index in [0.717, 1.165) is 54.1 Å². The lowest BCUT2D eigenvalue weighted by atomic mass is 10.2. The van der Waals surface area contributed by atoms with Crippen molar-refractivity contribution < 1.29 is 4.39 Å². The third kappa shape index (κ3) is 3.16. The minimum Gasteiger partial charge on any atom is -0.368 e. The van der Waals surface area contributed by atoms with Crippen LogP contribution in [-0.2, 0) is 0 Å². The fourth-order valence-electron chi connectivity index (χ4n) is 4.21. The van der Waals surface area contributed by atoms with E-state index in [1.165, 1.54) is 12.1 Å². The number of imidazole rings is 1. The van der Waals surface area contributed by atoms with Gasteiger partial charge in [-0.25, -0.2) is 14.4 Å². The Bertz CT molecular complexity index is 1370. The summed E-state index contributed by atoms with van der Waals surface area (Å²) in [7, 11) is 0. The van der Waals surface area contributed by atoms with E-state index in [9.17, 15) is 4.39 Å². The van der Waals surface area contributed by atoms with Gasteiger partial charge in [-0.3, -0.25) is 5.10 Å². The third-order valence-electron chi connectivity index (χ3n) is 5.83. The van der Waals surface area contributed by atoms with Crippen molar-refractivity contribution in [2.24, 2.45) is 0 Å². The first-order chi connectivity index (χ1) is 15.2. The lowest BCUT2D eigenvalue weighted by molar-refractivity contribution is 0.629. The molecule has 154 valence electrons. The number of H-pyrrole nitrogens is 2. The van der Waals surface area contributed by atoms with Crippen molar-refractivity contribution in [3.8, 4) is 11.5 Å². The molecule has 4 heterocycles. The van der Waals surface area contributed by atoms with E-state index >= 15 is 0 Å². The van der Waals surface area contributed by atoms with Gasteiger partial charge in [0.25, 0.3) is 0 Å². The highest BCUT2D eigenvalue weighted by atomic mass is 19.1. The van der Waals surface area contributed by atoms with Crippen LogP contribution in [0.5, 0.6) is 0 Å². The van der Waals surface area contributed by atoms with Crippen molar-refractivity contribution in [2.45, 2.75) is 0 Å². The van der Waals surface area contributed by atoms with Gasteiger partial charge in [0.2, 0.25) is 0 Å². The number of aromatic amines is 2. The van der Waals surface area contributed by atoms with E-state index in [-0.39, 0.29) is 5.82 Å². The maximum absolute atomic E-state index is 13.5. The molecule has 0 radical (unpaired) electrons. The average molecular weight is 413 g/mol. The van der Waals surface area contributed by atoms with E-state index in [4.69, 9.17) is 4.98 Å². The summed E-state index contributed by atoms with van der Waals surface area (Å²) in [5.41, 5.74) is 4.35. The highest BCUT2D eigenvalue weighted by Gasteiger charge is 2.19. The van der Waals surface area contributed by atoms with E-state index < -0.39 is 0 Å². The molecule has 0 bridgehead atoms. The van der Waals surface area contributed by atoms with Crippen molar-refractivity contribution in [2.75, 3.05) is 36.0 Å². The molecule has 0 atom stereocenters. The molecule has 8 heteroatoms. The Morgan fingerprint density at radius 1 is 0.871 bits per heavy atom. The molecular weight excluding hydrogens is 393 g/mol. The molecule has 3 aromatic heterocycles. The molecular formula is C23H20FN7. The number of piperazine rings is 1. The number of nitrogens with zero attached hydrogens (tertiary/aromatic N) is 5. The minimum absolute atomic E-state index is 0.292. The quantitative estimate of drug-likeness (QED) is 0.468. The number of benzene rings is 2. The van der Waals surface area contributed by atoms with Crippen LogP contribution in [-0.4, -0.2) is 51.3 Å². The zero-order valence-corrected chi connectivity index (χ0v) is 16.7. The summed E-state index contributed by atoms with van der Waals surface area (Å²) in [6.45, 7) is 3.72. The molecule has 0 unspecified atom stereocenters. The maximum atomic E-state index is 13.5. The second kappa shape index (κ2) is 7.09. The van der Waals surface area contributed by atoms with Gasteiger partial charge in [-0.15, -0.1) is 0 Å². The number of nitrogens with one attached hydrogen (secondary N) is 2. The van der Waals surface area contributed by atoms with Crippen LogP contribution < -0.4 is 9.80 Å². The molecule has 1 saturated heterocycles. The molecule has 1 aliphatic heterocycles. The largest absolute Gasteiger partial charge is 0.368 e. The molecule has 2 aromatic carbocycles. The summed E-state index contributed by atoms with van der Waals surface area (Å²) >= 11 is 0. The molecule has 31 heavy (non-hydrogen) atoms. The lowest BCUT2D eigenvalue weighted by Crippen LogP contribution is -2.46. The summed E-state index contributed by atoms with van der Waals surface area (Å²) in [5, 5.41) is 8.07. The zero-order valence-electron chi connectivity index (χ0n) is 16.7. The van der Waals surface area contributed by atoms with Crippen molar-refractivity contribution in [1.82, 2.24) is 25.1 Å². The molecule has 7 nitrogen and oxygen atoms in total. The van der Waals surface area contributed by atoms with Crippen LogP contribution in [0.15, 0.2) is 60.8 Å². The predicted molar refractivity (Wildman–Crippen MR) is 120 cm³/mol. The minimum atomic E-state index is -0.292. The number of hydrogen-bond acceptors (Lipinski definition) is 5. The summed E-state index contributed by atoms with van der Waals surface area (Å²) in [6, 6.07) is 16.9. The van der Waals surface area contributed by atoms with Gasteiger partial charge in [0.15, 0.2) is 5.82 Å². The van der Waals surface area contributed by atoms with Crippen LogP contribution in [0.25, 0.3) is 33.5 Å². The van der Waals surface area contributed by atoms with E-state index in [1.807, 2.05) is 24.4 Å². The van der Waals surface area contributed by atoms with Crippen molar-refractivity contribution in [1.29, 1.82) is 0 Å². The molecule has 2 N–H and O–H groups in total. The zero-order chi connectivity index (χ0) is 20.8. The Morgan fingerprint density at radius 3 is 2.58 bits per heavy atom. The van der Waals surface area contributed by atoms with Crippen LogP contribution >= 0.6 is 0 Å². The first-order valence-electron chi connectivity index (χ1n) is 10.3. The van der Waals surface area contributed by atoms with Crippen LogP contribution in [0.1, 0.15) is 0 Å². The fourth-order valence-corrected chi connectivity index (χ4v) is 4.21. The van der Waals surface area contributed by atoms with Gasteiger partial charge in [-0.1, -0.05) is 6.07 Å². The van der Waals surface area contributed by atoms with E-state index in [2.05, 4.69) is 48.2 Å². The molecule has 0 spiro atoms. The Morgan fingerprint density at radius 2 is 1.74 bits per heavy atom. The summed E-state index contributed by atoms with van der Waals surface area (Å²) in [4.78, 5) is 17.2. The van der Waals surface area contributed by atoms with Gasteiger partial charge < -0.3 is 14.8 Å². The molecule has 5 aromatic rings. The first kappa shape index (κ1) is 17.9. The average Bonchev–Trinajstić information content (AvgIpc) is 3.42. The highest BCUT2D eigenvalue weighted by molar-refractivity contribution is 5.93. The van der Waals surface area contributed by atoms with Crippen LogP contribution in [0.2, 0.25) is 0 Å². The van der Waals surface area contributed by atoms with Gasteiger partial charge in [-0.2, -0.15) is 5.10 Å². The number of fused-ring (bicyclic) bond motifs is 2. The number of anilines is 2. The van der Waals surface area contributed by atoms with Gasteiger partial charge in [0, 0.05) is 43.4 Å². The highest BCUT2D eigenvalue weighted by Crippen LogP contribution is 2.29. The topological polar surface area (TPSA) is 76.7 Å². The number of hydrogen-bond donors (Lipinski definition) is 2. The third-order valence-corrected chi connectivity index (χ3v) is 5.83. The SMILES string of the molecule is Fc1ccc2c(-c3nc4ccc(N5CCN(c6ccccn6)CC5)cc4[nH]3)n[nH]c2c1. The lowest BCUT2D eigenvalue weighted by Gasteiger charge is -2.36. The summed E-state index contributed by atoms with van der Waals surface area (Å²) in [6.07, 6.45) is 1.84. The predicted octanol–water partition coefficient (Wildman–Crippen LogP) is 3.97. The molecule has 0 aliphatic carbocycles. The standard InChI is InChI=1S/C23H20FN7/c24-15-4-6-17-19(13-15)28-29-22(17)23-26-18-7-5-16(14-20(18)27-23)30-9-11-31(12-10-30)21-3-1-2-8-25-21/h1-8,13-14H,9-12H2,(H,26,27)(H,28,29). The van der Waals surface area contributed by atoms with Crippen molar-refractivity contribution in [3.05, 3.63) is 66.6 Å². The maximum Gasteiger partial charge on any atom is 0.159 e. The molecule has 0 amide bonds. The smallest absolute Gasteiger partial charge is 0.159 e. The Balaban J connectivity index is 1.26. The van der Waals surface area contributed by atoms with Crippen molar-refractivity contribution >= 4 is 33.4 Å². The molecule has 0 saturated carbocycles. The number of pyridine rings is 1.